The number of nitrogens with two attached hydrogens (primary N) is 1. The van der Waals surface area contributed by atoms with Crippen LogP contribution in [0.1, 0.15) is 5.76 Å². The van der Waals surface area contributed by atoms with Gasteiger partial charge in [-0.15, -0.1) is 0 Å². The Labute approximate surface area is 147 Å². The van der Waals surface area contributed by atoms with E-state index in [9.17, 15) is 17.2 Å². The highest BCUT2D eigenvalue weighted by molar-refractivity contribution is 7.89. The van der Waals surface area contributed by atoms with Gasteiger partial charge in [-0.2, -0.15) is 0 Å². The normalized spacial score (nSPS) is 11.7. The molecule has 9 heteroatoms. The Hall–Kier alpha value is -2.29. The van der Waals surface area contributed by atoms with Gasteiger partial charge in [0.1, 0.15) is 28.0 Å². The maximum Gasteiger partial charge on any atom is 0.241 e. The molecule has 0 fully saturated rings. The van der Waals surface area contributed by atoms with Crippen LogP contribution in [0.3, 0.4) is 0 Å². The minimum Gasteiger partial charge on any atom is -0.360 e. The van der Waals surface area contributed by atoms with Gasteiger partial charge in [0.05, 0.1) is 5.56 Å². The molecule has 1 heterocycles. The maximum atomic E-state index is 14.5. The summed E-state index contributed by atoms with van der Waals surface area (Å²) in [6.07, 6.45) is 0. The van der Waals surface area contributed by atoms with Crippen molar-refractivity contribution in [2.45, 2.75) is 11.8 Å². The zero-order chi connectivity index (χ0) is 18.4. The number of hydrogen-bond donors (Lipinski definition) is 1. The zero-order valence-electron chi connectivity index (χ0n) is 12.8. The number of primary sulfonamides is 1. The molecule has 0 bridgehead atoms. The number of aromatic nitrogens is 1. The third-order valence-corrected chi connectivity index (χ3v) is 4.76. The molecule has 130 valence electrons. The smallest absolute Gasteiger partial charge is 0.241 e. The van der Waals surface area contributed by atoms with Crippen molar-refractivity contribution in [3.8, 4) is 22.4 Å². The molecule has 0 saturated heterocycles. The van der Waals surface area contributed by atoms with E-state index in [1.54, 1.807) is 24.3 Å². The van der Waals surface area contributed by atoms with E-state index in [4.69, 9.17) is 21.3 Å². The van der Waals surface area contributed by atoms with Crippen LogP contribution in [0.15, 0.2) is 45.8 Å². The van der Waals surface area contributed by atoms with Crippen LogP contribution in [0.2, 0.25) is 5.02 Å². The molecule has 0 amide bonds. The molecule has 0 atom stereocenters. The Kier molecular flexibility index (Phi) is 4.36. The van der Waals surface area contributed by atoms with Crippen LogP contribution < -0.4 is 5.14 Å². The average Bonchev–Trinajstić information content (AvgIpc) is 2.90. The minimum atomic E-state index is -4.39. The summed E-state index contributed by atoms with van der Waals surface area (Å²) in [4.78, 5) is -0.920. The second kappa shape index (κ2) is 6.21. The first kappa shape index (κ1) is 17.5. The van der Waals surface area contributed by atoms with Crippen molar-refractivity contribution in [2.75, 3.05) is 0 Å². The average molecular weight is 385 g/mol. The lowest BCUT2D eigenvalue weighted by molar-refractivity contribution is 0.400. The molecular formula is C16H11ClF2N2O3S. The molecule has 0 unspecified atom stereocenters. The lowest BCUT2D eigenvalue weighted by Crippen LogP contribution is -2.14. The van der Waals surface area contributed by atoms with Gasteiger partial charge in [0.2, 0.25) is 10.0 Å². The fourth-order valence-corrected chi connectivity index (χ4v) is 3.16. The fourth-order valence-electron chi connectivity index (χ4n) is 2.43. The molecule has 3 aromatic rings. The standard InChI is InChI=1S/C16H11ClF2N2O3S/c1-8-15(16(21-24-8)9-2-4-10(17)5-3-9)11-6-13(19)14(7-12(11)18)25(20,22)23/h2-7H,1H3,(H2,20,22,23). The lowest BCUT2D eigenvalue weighted by Gasteiger charge is -2.08. The molecule has 0 aliphatic heterocycles. The van der Waals surface area contributed by atoms with Crippen molar-refractivity contribution in [3.63, 3.8) is 0 Å². The first-order valence-corrected chi connectivity index (χ1v) is 8.85. The molecule has 3 rings (SSSR count). The number of hydrogen-bond acceptors (Lipinski definition) is 4. The quantitative estimate of drug-likeness (QED) is 0.742. The highest BCUT2D eigenvalue weighted by atomic mass is 35.5. The molecular weight excluding hydrogens is 374 g/mol. The van der Waals surface area contributed by atoms with Crippen LogP contribution in [-0.4, -0.2) is 13.6 Å². The number of aryl methyl sites for hydroxylation is 1. The van der Waals surface area contributed by atoms with Crippen LogP contribution in [-0.2, 0) is 10.0 Å². The van der Waals surface area contributed by atoms with Gasteiger partial charge in [-0.3, -0.25) is 0 Å². The summed E-state index contributed by atoms with van der Waals surface area (Å²) in [5.41, 5.74) is 0.871. The van der Waals surface area contributed by atoms with Gasteiger partial charge in [0.25, 0.3) is 0 Å². The Morgan fingerprint density at radius 1 is 1.12 bits per heavy atom. The Morgan fingerprint density at radius 2 is 1.76 bits per heavy atom. The Bertz CT molecular complexity index is 1060. The topological polar surface area (TPSA) is 86.2 Å². The molecule has 25 heavy (non-hydrogen) atoms. The van der Waals surface area contributed by atoms with E-state index in [2.05, 4.69) is 5.16 Å². The molecule has 2 N–H and O–H groups in total. The highest BCUT2D eigenvalue weighted by Crippen LogP contribution is 2.37. The Balaban J connectivity index is 2.23. The summed E-state index contributed by atoms with van der Waals surface area (Å²) < 4.78 is 56.4. The van der Waals surface area contributed by atoms with Crippen LogP contribution in [0, 0.1) is 18.6 Å². The summed E-state index contributed by atoms with van der Waals surface area (Å²) >= 11 is 5.85. The SMILES string of the molecule is Cc1onc(-c2ccc(Cl)cc2)c1-c1cc(F)c(S(N)(=O)=O)cc1F. The largest absolute Gasteiger partial charge is 0.360 e. The van der Waals surface area contributed by atoms with Crippen LogP contribution in [0.4, 0.5) is 8.78 Å². The van der Waals surface area contributed by atoms with Gasteiger partial charge in [0.15, 0.2) is 0 Å². The molecule has 0 radical (unpaired) electrons. The molecule has 0 spiro atoms. The summed E-state index contributed by atoms with van der Waals surface area (Å²) in [7, 11) is -4.39. The van der Waals surface area contributed by atoms with Gasteiger partial charge in [-0.25, -0.2) is 22.3 Å². The predicted molar refractivity (Wildman–Crippen MR) is 88.4 cm³/mol. The summed E-state index contributed by atoms with van der Waals surface area (Å²) in [6.45, 7) is 1.53. The zero-order valence-corrected chi connectivity index (χ0v) is 14.3. The van der Waals surface area contributed by atoms with Crippen molar-refractivity contribution < 1.29 is 21.7 Å². The van der Waals surface area contributed by atoms with Crippen molar-refractivity contribution >= 4 is 21.6 Å². The monoisotopic (exact) mass is 384 g/mol. The predicted octanol–water partition coefficient (Wildman–Crippen LogP) is 3.90. The van der Waals surface area contributed by atoms with Crippen LogP contribution in [0.25, 0.3) is 22.4 Å². The Morgan fingerprint density at radius 3 is 2.36 bits per heavy atom. The molecule has 1 aromatic heterocycles. The second-order valence-electron chi connectivity index (χ2n) is 5.28. The van der Waals surface area contributed by atoms with Crippen LogP contribution in [0.5, 0.6) is 0 Å². The van der Waals surface area contributed by atoms with E-state index in [1.807, 2.05) is 0 Å². The summed E-state index contributed by atoms with van der Waals surface area (Å²) in [6, 6.07) is 7.83. The third-order valence-electron chi connectivity index (χ3n) is 3.58. The molecule has 0 aliphatic rings. The number of rotatable bonds is 3. The van der Waals surface area contributed by atoms with E-state index < -0.39 is 26.6 Å². The summed E-state index contributed by atoms with van der Waals surface area (Å²) in [5.74, 6) is -1.89. The van der Waals surface area contributed by atoms with Gasteiger partial charge in [-0.05, 0) is 31.2 Å². The van der Waals surface area contributed by atoms with Gasteiger partial charge in [-0.1, -0.05) is 28.9 Å². The van der Waals surface area contributed by atoms with E-state index >= 15 is 0 Å². The lowest BCUT2D eigenvalue weighted by atomic mass is 9.99. The molecule has 0 saturated carbocycles. The second-order valence-corrected chi connectivity index (χ2v) is 7.24. The van der Waals surface area contributed by atoms with E-state index in [0.29, 0.717) is 16.7 Å². The van der Waals surface area contributed by atoms with E-state index in [1.165, 1.54) is 6.92 Å². The maximum absolute atomic E-state index is 14.5. The van der Waals surface area contributed by atoms with Crippen molar-refractivity contribution in [1.82, 2.24) is 5.16 Å². The van der Waals surface area contributed by atoms with Gasteiger partial charge >= 0.3 is 0 Å². The van der Waals surface area contributed by atoms with Gasteiger partial charge < -0.3 is 4.52 Å². The number of benzene rings is 2. The molecule has 0 aliphatic carbocycles. The first-order chi connectivity index (χ1) is 11.7. The number of sulfonamides is 1. The molecule has 5 nitrogen and oxygen atoms in total. The minimum absolute atomic E-state index is 0.186. The van der Waals surface area contributed by atoms with Crippen molar-refractivity contribution in [1.29, 1.82) is 0 Å². The third kappa shape index (κ3) is 3.28. The van der Waals surface area contributed by atoms with Crippen molar-refractivity contribution in [2.24, 2.45) is 5.14 Å². The molecule has 2 aromatic carbocycles. The van der Waals surface area contributed by atoms with Crippen molar-refractivity contribution in [3.05, 3.63) is 58.8 Å². The van der Waals surface area contributed by atoms with Crippen LogP contribution >= 0.6 is 11.6 Å². The van der Waals surface area contributed by atoms with E-state index in [0.717, 1.165) is 6.07 Å². The fraction of sp³-hybridized carbons (Fsp3) is 0.0625. The first-order valence-electron chi connectivity index (χ1n) is 6.93. The van der Waals surface area contributed by atoms with E-state index in [-0.39, 0.29) is 22.6 Å². The number of nitrogens with zero attached hydrogens (tertiary/aromatic N) is 1. The highest BCUT2D eigenvalue weighted by Gasteiger charge is 2.24. The number of halogens is 3. The summed E-state index contributed by atoms with van der Waals surface area (Å²) in [5, 5.41) is 9.27. The van der Waals surface area contributed by atoms with Gasteiger partial charge in [0, 0.05) is 16.1 Å².